The highest BCUT2D eigenvalue weighted by Gasteiger charge is 2.22. The highest BCUT2D eigenvalue weighted by Crippen LogP contribution is 2.21. The van der Waals surface area contributed by atoms with E-state index in [2.05, 4.69) is 17.6 Å². The van der Waals surface area contributed by atoms with E-state index < -0.39 is 0 Å². The van der Waals surface area contributed by atoms with Gasteiger partial charge in [0.25, 0.3) is 0 Å². The third-order valence-corrected chi connectivity index (χ3v) is 4.12. The Hall–Kier alpha value is -1.30. The van der Waals surface area contributed by atoms with Gasteiger partial charge < -0.3 is 20.3 Å². The highest BCUT2D eigenvalue weighted by atomic mass is 16.5. The number of methoxy groups -OCH3 is 1. The number of piperidine rings is 1. The standard InChI is InChI=1S/C16H31N3O3/c1-3-4-9-18-16(21)19-11-7-14(8-12-19)5-6-15(20)17-10-13-22-2/h14H,3-13H2,1-2H3,(H,17,20)(H,18,21). The number of amides is 3. The number of hydrogen-bond donors (Lipinski definition) is 2. The van der Waals surface area contributed by atoms with Crippen LogP contribution in [0.15, 0.2) is 0 Å². The first-order valence-electron chi connectivity index (χ1n) is 8.45. The Labute approximate surface area is 134 Å². The Morgan fingerprint density at radius 2 is 1.91 bits per heavy atom. The van der Waals surface area contributed by atoms with Crippen LogP contribution in [0.4, 0.5) is 4.79 Å². The average molecular weight is 313 g/mol. The zero-order valence-electron chi connectivity index (χ0n) is 14.0. The predicted molar refractivity (Wildman–Crippen MR) is 86.7 cm³/mol. The number of ether oxygens (including phenoxy) is 1. The number of rotatable bonds is 9. The van der Waals surface area contributed by atoms with E-state index in [-0.39, 0.29) is 11.9 Å². The van der Waals surface area contributed by atoms with Crippen LogP contribution in [0.25, 0.3) is 0 Å². The lowest BCUT2D eigenvalue weighted by molar-refractivity contribution is -0.121. The first-order chi connectivity index (χ1) is 10.7. The zero-order valence-corrected chi connectivity index (χ0v) is 14.0. The van der Waals surface area contributed by atoms with Crippen LogP contribution in [0, 0.1) is 5.92 Å². The molecule has 1 saturated heterocycles. The van der Waals surface area contributed by atoms with Crippen molar-refractivity contribution in [1.82, 2.24) is 15.5 Å². The SMILES string of the molecule is CCCCNC(=O)N1CCC(CCC(=O)NCCOC)CC1. The van der Waals surface area contributed by atoms with Crippen LogP contribution in [-0.4, -0.2) is 56.7 Å². The van der Waals surface area contributed by atoms with Gasteiger partial charge in [-0.3, -0.25) is 4.79 Å². The third kappa shape index (κ3) is 7.64. The van der Waals surface area contributed by atoms with Crippen LogP contribution in [-0.2, 0) is 9.53 Å². The molecule has 1 aliphatic heterocycles. The fourth-order valence-corrected chi connectivity index (χ4v) is 2.62. The number of urea groups is 1. The molecule has 0 bridgehead atoms. The van der Waals surface area contributed by atoms with E-state index in [9.17, 15) is 9.59 Å². The van der Waals surface area contributed by atoms with E-state index in [1.165, 1.54) is 0 Å². The number of unbranched alkanes of at least 4 members (excludes halogenated alkanes) is 1. The fourth-order valence-electron chi connectivity index (χ4n) is 2.62. The number of hydrogen-bond acceptors (Lipinski definition) is 3. The van der Waals surface area contributed by atoms with Crippen molar-refractivity contribution in [3.8, 4) is 0 Å². The van der Waals surface area contributed by atoms with Crippen molar-refractivity contribution in [2.75, 3.05) is 39.9 Å². The lowest BCUT2D eigenvalue weighted by Gasteiger charge is -2.32. The maximum atomic E-state index is 11.9. The normalized spacial score (nSPS) is 15.6. The molecule has 3 amide bonds. The Balaban J connectivity index is 2.11. The van der Waals surface area contributed by atoms with E-state index in [4.69, 9.17) is 4.74 Å². The van der Waals surface area contributed by atoms with Crippen LogP contribution in [0.1, 0.15) is 45.4 Å². The topological polar surface area (TPSA) is 70.7 Å². The molecule has 6 heteroatoms. The van der Waals surface area contributed by atoms with Gasteiger partial charge in [-0.15, -0.1) is 0 Å². The number of carbonyl (C=O) groups is 2. The van der Waals surface area contributed by atoms with Crippen molar-refractivity contribution in [2.24, 2.45) is 5.92 Å². The minimum atomic E-state index is 0.0595. The lowest BCUT2D eigenvalue weighted by atomic mass is 9.92. The maximum Gasteiger partial charge on any atom is 0.317 e. The molecular weight excluding hydrogens is 282 g/mol. The second kappa shape index (κ2) is 11.3. The Bertz CT molecular complexity index is 329. The van der Waals surface area contributed by atoms with Crippen LogP contribution in [0.2, 0.25) is 0 Å². The second-order valence-corrected chi connectivity index (χ2v) is 5.90. The lowest BCUT2D eigenvalue weighted by Crippen LogP contribution is -2.44. The van der Waals surface area contributed by atoms with Gasteiger partial charge in [-0.25, -0.2) is 4.79 Å². The van der Waals surface area contributed by atoms with Gasteiger partial charge in [0.15, 0.2) is 0 Å². The van der Waals surface area contributed by atoms with Gasteiger partial charge >= 0.3 is 6.03 Å². The molecule has 128 valence electrons. The monoisotopic (exact) mass is 313 g/mol. The molecule has 1 fully saturated rings. The molecule has 0 aromatic carbocycles. The number of likely N-dealkylation sites (tertiary alicyclic amines) is 1. The van der Waals surface area contributed by atoms with Gasteiger partial charge in [0.2, 0.25) is 5.91 Å². The Morgan fingerprint density at radius 1 is 1.18 bits per heavy atom. The summed E-state index contributed by atoms with van der Waals surface area (Å²) in [5.74, 6) is 0.643. The van der Waals surface area contributed by atoms with Crippen LogP contribution in [0.3, 0.4) is 0 Å². The molecule has 2 N–H and O–H groups in total. The molecule has 0 aromatic rings. The first kappa shape index (κ1) is 18.7. The van der Waals surface area contributed by atoms with Crippen LogP contribution in [0.5, 0.6) is 0 Å². The Morgan fingerprint density at radius 3 is 2.55 bits per heavy atom. The van der Waals surface area contributed by atoms with Crippen molar-refractivity contribution >= 4 is 11.9 Å². The summed E-state index contributed by atoms with van der Waals surface area (Å²) in [6.07, 6.45) is 5.58. The second-order valence-electron chi connectivity index (χ2n) is 5.90. The van der Waals surface area contributed by atoms with Crippen molar-refractivity contribution in [3.05, 3.63) is 0 Å². The molecule has 0 aliphatic carbocycles. The molecular formula is C16H31N3O3. The van der Waals surface area contributed by atoms with Crippen molar-refractivity contribution in [2.45, 2.75) is 45.4 Å². The molecule has 0 spiro atoms. The van der Waals surface area contributed by atoms with Gasteiger partial charge in [-0.2, -0.15) is 0 Å². The van der Waals surface area contributed by atoms with E-state index in [1.807, 2.05) is 4.90 Å². The maximum absolute atomic E-state index is 11.9. The largest absolute Gasteiger partial charge is 0.383 e. The zero-order chi connectivity index (χ0) is 16.2. The molecule has 0 saturated carbocycles. The quantitative estimate of drug-likeness (QED) is 0.637. The number of carbonyl (C=O) groups excluding carboxylic acids is 2. The molecule has 6 nitrogen and oxygen atoms in total. The summed E-state index contributed by atoms with van der Waals surface area (Å²) in [4.78, 5) is 25.5. The number of nitrogens with one attached hydrogen (secondary N) is 2. The van der Waals surface area contributed by atoms with Gasteiger partial charge in [0, 0.05) is 39.7 Å². The molecule has 0 unspecified atom stereocenters. The van der Waals surface area contributed by atoms with Crippen molar-refractivity contribution in [1.29, 1.82) is 0 Å². The van der Waals surface area contributed by atoms with Crippen molar-refractivity contribution in [3.63, 3.8) is 0 Å². The fraction of sp³-hybridized carbons (Fsp3) is 0.875. The summed E-state index contributed by atoms with van der Waals surface area (Å²) in [5.41, 5.74) is 0. The summed E-state index contributed by atoms with van der Waals surface area (Å²) >= 11 is 0. The van der Waals surface area contributed by atoms with E-state index in [0.717, 1.165) is 51.7 Å². The van der Waals surface area contributed by atoms with Crippen molar-refractivity contribution < 1.29 is 14.3 Å². The summed E-state index contributed by atoms with van der Waals surface area (Å²) in [6, 6.07) is 0.0595. The van der Waals surface area contributed by atoms with E-state index in [1.54, 1.807) is 7.11 Å². The highest BCUT2D eigenvalue weighted by molar-refractivity contribution is 5.76. The molecule has 1 aliphatic rings. The molecule has 1 rings (SSSR count). The minimum absolute atomic E-state index is 0.0595. The van der Waals surface area contributed by atoms with Crippen LogP contribution >= 0.6 is 0 Å². The Kier molecular flexibility index (Phi) is 9.62. The third-order valence-electron chi connectivity index (χ3n) is 4.12. The molecule has 1 heterocycles. The summed E-state index contributed by atoms with van der Waals surface area (Å²) in [6.45, 7) is 5.60. The average Bonchev–Trinajstić information content (AvgIpc) is 2.54. The summed E-state index contributed by atoms with van der Waals surface area (Å²) in [5, 5.41) is 5.80. The van der Waals surface area contributed by atoms with Gasteiger partial charge in [-0.05, 0) is 31.6 Å². The smallest absolute Gasteiger partial charge is 0.317 e. The predicted octanol–water partition coefficient (Wildman–Crippen LogP) is 1.75. The van der Waals surface area contributed by atoms with Gasteiger partial charge in [0.05, 0.1) is 6.61 Å². The van der Waals surface area contributed by atoms with Gasteiger partial charge in [-0.1, -0.05) is 13.3 Å². The number of nitrogens with zero attached hydrogens (tertiary/aromatic N) is 1. The molecule has 0 aromatic heterocycles. The summed E-state index contributed by atoms with van der Waals surface area (Å²) in [7, 11) is 1.62. The first-order valence-corrected chi connectivity index (χ1v) is 8.45. The van der Waals surface area contributed by atoms with E-state index >= 15 is 0 Å². The van der Waals surface area contributed by atoms with Crippen LogP contribution < -0.4 is 10.6 Å². The molecule has 0 radical (unpaired) electrons. The minimum Gasteiger partial charge on any atom is -0.383 e. The van der Waals surface area contributed by atoms with Gasteiger partial charge in [0.1, 0.15) is 0 Å². The molecule has 0 atom stereocenters. The summed E-state index contributed by atoms with van der Waals surface area (Å²) < 4.78 is 4.90. The van der Waals surface area contributed by atoms with E-state index in [0.29, 0.717) is 25.5 Å². The molecule has 22 heavy (non-hydrogen) atoms.